The van der Waals surface area contributed by atoms with Crippen molar-refractivity contribution in [1.82, 2.24) is 8.87 Å². The lowest BCUT2D eigenvalue weighted by Crippen LogP contribution is -2.66. The number of fused-ring (bicyclic) bond motifs is 3. The highest BCUT2D eigenvalue weighted by molar-refractivity contribution is 7.90. The molecule has 4 rings (SSSR count). The molecule has 0 bridgehead atoms. The maximum atomic E-state index is 14.0. The first kappa shape index (κ1) is 25.6. The second-order valence-electron chi connectivity index (χ2n) is 11.6. The predicted molar refractivity (Wildman–Crippen MR) is 145 cm³/mol. The molecule has 35 heavy (non-hydrogen) atoms. The van der Waals surface area contributed by atoms with Gasteiger partial charge in [-0.2, -0.15) is 0 Å². The van der Waals surface area contributed by atoms with Crippen molar-refractivity contribution in [2.45, 2.75) is 68.9 Å². The van der Waals surface area contributed by atoms with Gasteiger partial charge in [-0.1, -0.05) is 75.7 Å². The molecule has 0 saturated heterocycles. The molecule has 0 spiro atoms. The van der Waals surface area contributed by atoms with Crippen molar-refractivity contribution in [3.63, 3.8) is 0 Å². The van der Waals surface area contributed by atoms with Crippen LogP contribution in [0.4, 0.5) is 0 Å². The van der Waals surface area contributed by atoms with Crippen molar-refractivity contribution in [2.75, 3.05) is 0 Å². The monoisotopic (exact) mass is 526 g/mol. The van der Waals surface area contributed by atoms with E-state index in [1.54, 1.807) is 42.5 Å². The van der Waals surface area contributed by atoms with E-state index in [9.17, 15) is 18.0 Å². The zero-order valence-corrected chi connectivity index (χ0v) is 24.3. The first-order valence-corrected chi connectivity index (χ1v) is 20.5. The molecule has 1 aromatic heterocycles. The van der Waals surface area contributed by atoms with Crippen LogP contribution in [0, 0.1) is 0 Å². The molecule has 1 unspecified atom stereocenters. The number of hydrogen-bond acceptors (Lipinski definition) is 4. The molecular formula is C26H34N2O4SSi2. The minimum Gasteiger partial charge on any atom is -0.339 e. The van der Waals surface area contributed by atoms with Crippen molar-refractivity contribution in [1.29, 1.82) is 0 Å². The number of carbonyl (C=O) groups excluding carboxylic acids is 2. The number of hydrogen-bond donors (Lipinski definition) is 0. The fourth-order valence-corrected chi connectivity index (χ4v) is 20.4. The topological polar surface area (TPSA) is 76.5 Å². The van der Waals surface area contributed by atoms with E-state index >= 15 is 0 Å². The Bertz CT molecular complexity index is 1400. The molecule has 3 aromatic rings. The maximum absolute atomic E-state index is 14.0. The Morgan fingerprint density at radius 3 is 2.00 bits per heavy atom. The molecule has 6 nitrogen and oxygen atoms in total. The van der Waals surface area contributed by atoms with Crippen LogP contribution in [-0.2, 0) is 26.2 Å². The minimum absolute atomic E-state index is 0.0448. The Balaban J connectivity index is 2.08. The van der Waals surface area contributed by atoms with Gasteiger partial charge in [-0.05, 0) is 25.1 Å². The second-order valence-corrected chi connectivity index (χ2v) is 24.5. The summed E-state index contributed by atoms with van der Waals surface area (Å²) in [5.74, 6) is -1.46. The van der Waals surface area contributed by atoms with Gasteiger partial charge in [0, 0.05) is 16.2 Å². The van der Waals surface area contributed by atoms with Gasteiger partial charge in [0.05, 0.1) is 38.8 Å². The summed E-state index contributed by atoms with van der Waals surface area (Å²) in [6.07, 6.45) is 0. The highest BCUT2D eigenvalue weighted by atomic mass is 32.2. The fraction of sp³-hybridized carbons (Fsp3) is 0.385. The van der Waals surface area contributed by atoms with Gasteiger partial charge in [0.25, 0.3) is 10.0 Å². The molecule has 2 aromatic carbocycles. The maximum Gasteiger partial charge on any atom is 0.268 e. The van der Waals surface area contributed by atoms with Crippen LogP contribution in [0.5, 0.6) is 0 Å². The van der Waals surface area contributed by atoms with E-state index in [0.29, 0.717) is 22.2 Å². The molecule has 1 aliphatic rings. The number of ketones is 1. The van der Waals surface area contributed by atoms with E-state index in [2.05, 4.69) is 39.3 Å². The number of Topliss-reactive ketones (excluding diaryl/α,β-unsaturated/α-hetero) is 1. The SMILES string of the molecule is CC(=O)C1C(=O)N(C([Si](C)(C)C)[Si](C)(C)C)Cc2c1c1ccccc1n2S(=O)(=O)c1ccccc1. The Labute approximate surface area is 210 Å². The van der Waals surface area contributed by atoms with E-state index in [1.165, 1.54) is 10.9 Å². The van der Waals surface area contributed by atoms with Crippen LogP contribution >= 0.6 is 0 Å². The van der Waals surface area contributed by atoms with Crippen molar-refractivity contribution >= 4 is 48.8 Å². The Hall–Kier alpha value is -2.50. The number of nitrogens with zero attached hydrogens (tertiary/aromatic N) is 2. The summed E-state index contributed by atoms with van der Waals surface area (Å²) in [6.45, 7) is 15.1. The standard InChI is InChI=1S/C26H34N2O4SSi2/c1-18(29)23-24-20-15-11-12-16-21(20)28(33(31,32)19-13-9-8-10-14-19)22(24)17-27(25(23)30)26(34(2,3)4)35(5,6)7/h8-16,23,26H,17H2,1-7H3. The number of carbonyl (C=O) groups is 2. The molecular weight excluding hydrogens is 493 g/mol. The van der Waals surface area contributed by atoms with Crippen molar-refractivity contribution < 1.29 is 18.0 Å². The molecule has 0 N–H and O–H groups in total. The number of rotatable bonds is 6. The highest BCUT2D eigenvalue weighted by Gasteiger charge is 2.50. The summed E-state index contributed by atoms with van der Waals surface area (Å²) in [4.78, 5) is 29.1. The number of benzene rings is 2. The van der Waals surface area contributed by atoms with Gasteiger partial charge >= 0.3 is 0 Å². The summed E-state index contributed by atoms with van der Waals surface area (Å²) in [5, 5.41) is 0.691. The van der Waals surface area contributed by atoms with Crippen LogP contribution in [0.3, 0.4) is 0 Å². The van der Waals surface area contributed by atoms with E-state index in [-0.39, 0.29) is 28.4 Å². The molecule has 2 heterocycles. The lowest BCUT2D eigenvalue weighted by Gasteiger charge is -2.48. The van der Waals surface area contributed by atoms with Crippen LogP contribution < -0.4 is 0 Å². The van der Waals surface area contributed by atoms with Crippen LogP contribution in [0.15, 0.2) is 59.5 Å². The highest BCUT2D eigenvalue weighted by Crippen LogP contribution is 2.42. The Morgan fingerprint density at radius 1 is 0.914 bits per heavy atom. The Morgan fingerprint density at radius 2 is 1.46 bits per heavy atom. The molecule has 0 radical (unpaired) electrons. The number of para-hydroxylation sites is 1. The average molecular weight is 527 g/mol. The summed E-state index contributed by atoms with van der Waals surface area (Å²) < 4.78 is 29.4. The summed E-state index contributed by atoms with van der Waals surface area (Å²) in [6, 6.07) is 15.5. The van der Waals surface area contributed by atoms with E-state index in [4.69, 9.17) is 0 Å². The third-order valence-electron chi connectivity index (χ3n) is 6.75. The van der Waals surface area contributed by atoms with Gasteiger partial charge in [0.15, 0.2) is 0 Å². The van der Waals surface area contributed by atoms with Crippen molar-refractivity contribution in [3.8, 4) is 0 Å². The average Bonchev–Trinajstić information content (AvgIpc) is 3.07. The molecule has 1 amide bonds. The van der Waals surface area contributed by atoms with E-state index < -0.39 is 32.1 Å². The van der Waals surface area contributed by atoms with Crippen molar-refractivity contribution in [3.05, 3.63) is 65.9 Å². The third kappa shape index (κ3) is 4.23. The third-order valence-corrected chi connectivity index (χ3v) is 17.6. The van der Waals surface area contributed by atoms with Gasteiger partial charge < -0.3 is 4.90 Å². The molecule has 186 valence electrons. The summed E-state index contributed by atoms with van der Waals surface area (Å²) in [5.41, 5.74) is 1.56. The molecule has 1 atom stereocenters. The summed E-state index contributed by atoms with van der Waals surface area (Å²) in [7, 11) is -7.77. The lowest BCUT2D eigenvalue weighted by molar-refractivity contribution is -0.138. The first-order chi connectivity index (χ1) is 16.2. The van der Waals surface area contributed by atoms with Crippen molar-refractivity contribution in [2.24, 2.45) is 0 Å². The van der Waals surface area contributed by atoms with E-state index in [0.717, 1.165) is 0 Å². The molecule has 0 saturated carbocycles. The van der Waals surface area contributed by atoms with Gasteiger partial charge in [-0.25, -0.2) is 12.4 Å². The van der Waals surface area contributed by atoms with Gasteiger partial charge in [-0.15, -0.1) is 0 Å². The minimum atomic E-state index is -3.96. The quantitative estimate of drug-likeness (QED) is 0.334. The molecule has 0 aliphatic carbocycles. The smallest absolute Gasteiger partial charge is 0.268 e. The van der Waals surface area contributed by atoms with Gasteiger partial charge in [0.2, 0.25) is 5.91 Å². The number of aromatic nitrogens is 1. The second kappa shape index (κ2) is 8.56. The predicted octanol–water partition coefficient (Wildman–Crippen LogP) is 5.02. The largest absolute Gasteiger partial charge is 0.339 e. The van der Waals surface area contributed by atoms with Crippen LogP contribution in [0.2, 0.25) is 39.3 Å². The number of amides is 1. The fourth-order valence-electron chi connectivity index (χ4n) is 6.09. The zero-order valence-electron chi connectivity index (χ0n) is 21.5. The van der Waals surface area contributed by atoms with Crippen LogP contribution in [0.1, 0.15) is 24.1 Å². The van der Waals surface area contributed by atoms with Gasteiger partial charge in [-0.3, -0.25) is 9.59 Å². The first-order valence-electron chi connectivity index (χ1n) is 11.9. The van der Waals surface area contributed by atoms with Gasteiger partial charge in [0.1, 0.15) is 11.7 Å². The molecule has 0 fully saturated rings. The molecule has 1 aliphatic heterocycles. The van der Waals surface area contributed by atoms with Crippen LogP contribution in [-0.4, -0.2) is 50.4 Å². The lowest BCUT2D eigenvalue weighted by atomic mass is 9.88. The summed E-state index contributed by atoms with van der Waals surface area (Å²) >= 11 is 0. The Kier molecular flexibility index (Phi) is 6.26. The van der Waals surface area contributed by atoms with E-state index in [1.807, 2.05) is 17.0 Å². The normalized spacial score (nSPS) is 17.2. The van der Waals surface area contributed by atoms with Crippen LogP contribution in [0.25, 0.3) is 10.9 Å². The zero-order chi connectivity index (χ0) is 25.9. The molecule has 9 heteroatoms.